The van der Waals surface area contributed by atoms with Gasteiger partial charge in [-0.05, 0) is 23.9 Å². The maximum atomic E-state index is 10.3. The molecule has 1 atom stereocenters. The smallest absolute Gasteiger partial charge is 0.222 e. The minimum absolute atomic E-state index is 0.256. The van der Waals surface area contributed by atoms with Crippen molar-refractivity contribution < 1.29 is 4.79 Å². The van der Waals surface area contributed by atoms with Crippen LogP contribution in [0.5, 0.6) is 0 Å². The summed E-state index contributed by atoms with van der Waals surface area (Å²) in [6.45, 7) is 4.04. The van der Waals surface area contributed by atoms with Crippen LogP contribution in [0.1, 0.15) is 26.7 Å². The fraction of sp³-hybridized carbons (Fsp3) is 0.625. The Bertz CT molecular complexity index is 129. The van der Waals surface area contributed by atoms with E-state index in [1.54, 1.807) is 0 Å². The Morgan fingerprint density at radius 2 is 2.30 bits per heavy atom. The summed E-state index contributed by atoms with van der Waals surface area (Å²) in [5.41, 5.74) is 0. The molecule has 0 unspecified atom stereocenters. The van der Waals surface area contributed by atoms with E-state index in [0.717, 1.165) is 6.42 Å². The number of carbonyl (C=O) groups is 1. The molecule has 58 valence electrons. The molecule has 0 saturated heterocycles. The number of halogens is 1. The fourth-order valence-electron chi connectivity index (χ4n) is 0.690. The van der Waals surface area contributed by atoms with Crippen LogP contribution in [0.15, 0.2) is 12.2 Å². The number of hydrogen-bond acceptors (Lipinski definition) is 1. The molecule has 0 radical (unpaired) electrons. The van der Waals surface area contributed by atoms with Gasteiger partial charge in [0.15, 0.2) is 0 Å². The number of rotatable bonds is 4. The van der Waals surface area contributed by atoms with Gasteiger partial charge in [-0.15, -0.1) is 0 Å². The SMILES string of the molecule is CC/C=C/[C@H](C)CC(=O)Cl. The van der Waals surface area contributed by atoms with Gasteiger partial charge >= 0.3 is 0 Å². The van der Waals surface area contributed by atoms with E-state index in [9.17, 15) is 4.79 Å². The highest BCUT2D eigenvalue weighted by atomic mass is 35.5. The van der Waals surface area contributed by atoms with Crippen molar-refractivity contribution in [3.05, 3.63) is 12.2 Å². The summed E-state index contributed by atoms with van der Waals surface area (Å²) in [5, 5.41) is -0.256. The second kappa shape index (κ2) is 5.48. The Labute approximate surface area is 67.1 Å². The zero-order chi connectivity index (χ0) is 7.98. The summed E-state index contributed by atoms with van der Waals surface area (Å²) in [6.07, 6.45) is 5.52. The van der Waals surface area contributed by atoms with E-state index in [1.807, 2.05) is 19.1 Å². The molecule has 0 spiro atoms. The summed E-state index contributed by atoms with van der Waals surface area (Å²) in [6, 6.07) is 0. The molecular formula is C8H13ClO. The van der Waals surface area contributed by atoms with Crippen LogP contribution in [0, 0.1) is 5.92 Å². The summed E-state index contributed by atoms with van der Waals surface area (Å²) < 4.78 is 0. The summed E-state index contributed by atoms with van der Waals surface area (Å²) in [4.78, 5) is 10.3. The van der Waals surface area contributed by atoms with Crippen molar-refractivity contribution in [3.8, 4) is 0 Å². The average molecular weight is 161 g/mol. The Balaban J connectivity index is 3.52. The Morgan fingerprint density at radius 3 is 2.70 bits per heavy atom. The second-order valence-electron chi connectivity index (χ2n) is 2.37. The Morgan fingerprint density at radius 1 is 1.70 bits per heavy atom. The van der Waals surface area contributed by atoms with E-state index >= 15 is 0 Å². The first kappa shape index (κ1) is 9.70. The van der Waals surface area contributed by atoms with E-state index in [-0.39, 0.29) is 11.2 Å². The van der Waals surface area contributed by atoms with Crippen LogP contribution in [0.3, 0.4) is 0 Å². The quantitative estimate of drug-likeness (QED) is 0.457. The van der Waals surface area contributed by atoms with Gasteiger partial charge in [0, 0.05) is 6.42 Å². The zero-order valence-corrected chi connectivity index (χ0v) is 7.19. The lowest BCUT2D eigenvalue weighted by atomic mass is 10.1. The molecule has 0 aliphatic heterocycles. The Kier molecular flexibility index (Phi) is 5.32. The summed E-state index contributed by atoms with van der Waals surface area (Å²) >= 11 is 5.18. The van der Waals surface area contributed by atoms with Crippen molar-refractivity contribution in [2.45, 2.75) is 26.7 Å². The highest BCUT2D eigenvalue weighted by molar-refractivity contribution is 6.63. The van der Waals surface area contributed by atoms with Gasteiger partial charge in [0.1, 0.15) is 0 Å². The minimum atomic E-state index is -0.256. The molecule has 0 aromatic rings. The number of carbonyl (C=O) groups excluding carboxylic acids is 1. The predicted octanol–water partition coefficient (Wildman–Crippen LogP) is 2.74. The maximum Gasteiger partial charge on any atom is 0.222 e. The topological polar surface area (TPSA) is 17.1 Å². The van der Waals surface area contributed by atoms with Crippen LogP contribution in [-0.4, -0.2) is 5.24 Å². The third-order valence-corrected chi connectivity index (χ3v) is 1.34. The van der Waals surface area contributed by atoms with E-state index in [1.165, 1.54) is 0 Å². The van der Waals surface area contributed by atoms with Gasteiger partial charge in [0.05, 0.1) is 0 Å². The van der Waals surface area contributed by atoms with Crippen LogP contribution in [0.2, 0.25) is 0 Å². The molecule has 10 heavy (non-hydrogen) atoms. The highest BCUT2D eigenvalue weighted by Crippen LogP contribution is 2.06. The predicted molar refractivity (Wildman–Crippen MR) is 44.1 cm³/mol. The van der Waals surface area contributed by atoms with Crippen molar-refractivity contribution in [1.29, 1.82) is 0 Å². The van der Waals surface area contributed by atoms with E-state index in [0.29, 0.717) is 6.42 Å². The second-order valence-corrected chi connectivity index (χ2v) is 2.79. The largest absolute Gasteiger partial charge is 0.281 e. The van der Waals surface area contributed by atoms with Gasteiger partial charge in [-0.25, -0.2) is 0 Å². The van der Waals surface area contributed by atoms with Crippen molar-refractivity contribution in [1.82, 2.24) is 0 Å². The maximum absolute atomic E-state index is 10.3. The molecule has 0 rings (SSSR count). The fourth-order valence-corrected chi connectivity index (χ4v) is 0.933. The minimum Gasteiger partial charge on any atom is -0.281 e. The molecule has 0 aromatic carbocycles. The van der Waals surface area contributed by atoms with Gasteiger partial charge in [-0.3, -0.25) is 4.79 Å². The van der Waals surface area contributed by atoms with Crippen molar-refractivity contribution in [2.75, 3.05) is 0 Å². The molecule has 0 saturated carbocycles. The van der Waals surface area contributed by atoms with Gasteiger partial charge in [-0.2, -0.15) is 0 Å². The van der Waals surface area contributed by atoms with Gasteiger partial charge < -0.3 is 0 Å². The van der Waals surface area contributed by atoms with Crippen LogP contribution in [0.4, 0.5) is 0 Å². The molecule has 0 bridgehead atoms. The van der Waals surface area contributed by atoms with Crippen LogP contribution < -0.4 is 0 Å². The molecule has 0 fully saturated rings. The van der Waals surface area contributed by atoms with E-state index in [2.05, 4.69) is 6.92 Å². The van der Waals surface area contributed by atoms with Crippen LogP contribution in [-0.2, 0) is 4.79 Å². The molecule has 0 amide bonds. The van der Waals surface area contributed by atoms with E-state index < -0.39 is 0 Å². The molecular weight excluding hydrogens is 148 g/mol. The summed E-state index contributed by atoms with van der Waals surface area (Å²) in [7, 11) is 0. The lowest BCUT2D eigenvalue weighted by Crippen LogP contribution is -1.95. The first-order valence-corrected chi connectivity index (χ1v) is 3.89. The monoisotopic (exact) mass is 160 g/mol. The van der Waals surface area contributed by atoms with Crippen LogP contribution in [0.25, 0.3) is 0 Å². The number of allylic oxidation sites excluding steroid dienone is 2. The molecule has 0 aliphatic rings. The van der Waals surface area contributed by atoms with Gasteiger partial charge in [0.25, 0.3) is 0 Å². The van der Waals surface area contributed by atoms with Crippen LogP contribution >= 0.6 is 11.6 Å². The third kappa shape index (κ3) is 5.83. The first-order chi connectivity index (χ1) is 4.66. The highest BCUT2D eigenvalue weighted by Gasteiger charge is 2.01. The molecule has 0 N–H and O–H groups in total. The number of hydrogen-bond donors (Lipinski definition) is 0. The lowest BCUT2D eigenvalue weighted by Gasteiger charge is -1.98. The molecule has 0 aliphatic carbocycles. The molecule has 0 heterocycles. The first-order valence-electron chi connectivity index (χ1n) is 3.51. The average Bonchev–Trinajstić information content (AvgIpc) is 1.82. The van der Waals surface area contributed by atoms with Crippen molar-refractivity contribution in [2.24, 2.45) is 5.92 Å². The molecule has 0 aromatic heterocycles. The van der Waals surface area contributed by atoms with E-state index in [4.69, 9.17) is 11.6 Å². The third-order valence-electron chi connectivity index (χ3n) is 1.18. The standard InChI is InChI=1S/C8H13ClO/c1-3-4-5-7(2)6-8(9)10/h4-5,7H,3,6H2,1-2H3/b5-4+/t7-/m0/s1. The van der Waals surface area contributed by atoms with Crippen molar-refractivity contribution in [3.63, 3.8) is 0 Å². The normalized spacial score (nSPS) is 13.9. The molecule has 2 heteroatoms. The van der Waals surface area contributed by atoms with Crippen molar-refractivity contribution >= 4 is 16.8 Å². The Hall–Kier alpha value is -0.300. The molecule has 1 nitrogen and oxygen atoms in total. The summed E-state index contributed by atoms with van der Waals surface area (Å²) in [5.74, 6) is 0.282. The lowest BCUT2D eigenvalue weighted by molar-refractivity contribution is -0.112. The van der Waals surface area contributed by atoms with Gasteiger partial charge in [-0.1, -0.05) is 26.0 Å². The zero-order valence-electron chi connectivity index (χ0n) is 6.43. The van der Waals surface area contributed by atoms with Gasteiger partial charge in [0.2, 0.25) is 5.24 Å².